The lowest BCUT2D eigenvalue weighted by molar-refractivity contribution is 0.0952. The van der Waals surface area contributed by atoms with Gasteiger partial charge in [-0.25, -0.2) is 5.43 Å². The summed E-state index contributed by atoms with van der Waals surface area (Å²) in [6.45, 7) is 4.07. The molecule has 2 aromatic carbocycles. The third-order valence-electron chi connectivity index (χ3n) is 4.26. The highest BCUT2D eigenvalue weighted by atomic mass is 79.9. The number of hydrogen-bond donors (Lipinski definition) is 1. The molecule has 1 N–H and O–H groups in total. The van der Waals surface area contributed by atoms with Crippen LogP contribution in [0.25, 0.3) is 5.69 Å². The number of amides is 1. The van der Waals surface area contributed by atoms with Crippen LogP contribution in [0.15, 0.2) is 64.2 Å². The van der Waals surface area contributed by atoms with Crippen molar-refractivity contribution in [2.24, 2.45) is 5.10 Å². The van der Waals surface area contributed by atoms with Crippen molar-refractivity contribution >= 4 is 28.1 Å². The van der Waals surface area contributed by atoms with Gasteiger partial charge in [0, 0.05) is 27.1 Å². The highest BCUT2D eigenvalue weighted by Crippen LogP contribution is 2.23. The Bertz CT molecular complexity index is 994. The maximum Gasteiger partial charge on any atom is 0.275 e. The number of methoxy groups -OCH3 is 1. The van der Waals surface area contributed by atoms with Crippen LogP contribution < -0.4 is 10.2 Å². The molecule has 0 bridgehead atoms. The van der Waals surface area contributed by atoms with Gasteiger partial charge in [-0.2, -0.15) is 5.10 Å². The van der Waals surface area contributed by atoms with Crippen LogP contribution in [0.3, 0.4) is 0 Å². The minimum absolute atomic E-state index is 0.332. The van der Waals surface area contributed by atoms with Gasteiger partial charge in [-0.05, 0) is 50.2 Å². The van der Waals surface area contributed by atoms with Crippen LogP contribution in [0.1, 0.15) is 27.3 Å². The lowest BCUT2D eigenvalue weighted by Gasteiger charge is -2.09. The van der Waals surface area contributed by atoms with Crippen molar-refractivity contribution in [2.75, 3.05) is 7.11 Å². The quantitative estimate of drug-likeness (QED) is 0.478. The zero-order valence-electron chi connectivity index (χ0n) is 15.4. The first-order valence-corrected chi connectivity index (χ1v) is 9.22. The van der Waals surface area contributed by atoms with E-state index in [1.54, 1.807) is 18.3 Å². The second kappa shape index (κ2) is 8.22. The lowest BCUT2D eigenvalue weighted by atomic mass is 10.2. The SMILES string of the molecule is COc1ccc(Br)cc1C(=O)N/N=C\c1cc(C)n(-c2ccccc2)c1C. The number of benzene rings is 2. The summed E-state index contributed by atoms with van der Waals surface area (Å²) in [5.41, 5.74) is 7.17. The standard InChI is InChI=1S/C21H20BrN3O2/c1-14-11-16(15(2)25(14)18-7-5-4-6-8-18)13-23-24-21(26)19-12-17(22)9-10-20(19)27-3/h4-13H,1-3H3,(H,24,26)/b23-13-. The van der Waals surface area contributed by atoms with Crippen molar-refractivity contribution in [2.45, 2.75) is 13.8 Å². The van der Waals surface area contributed by atoms with E-state index in [1.165, 1.54) is 7.11 Å². The number of halogens is 1. The minimum atomic E-state index is -0.332. The summed E-state index contributed by atoms with van der Waals surface area (Å²) in [7, 11) is 1.53. The molecule has 0 aliphatic carbocycles. The van der Waals surface area contributed by atoms with Gasteiger partial charge in [0.1, 0.15) is 5.75 Å². The van der Waals surface area contributed by atoms with E-state index in [2.05, 4.69) is 43.2 Å². The number of rotatable bonds is 5. The van der Waals surface area contributed by atoms with E-state index in [0.717, 1.165) is 27.1 Å². The second-order valence-corrected chi connectivity index (χ2v) is 6.96. The van der Waals surface area contributed by atoms with Crippen molar-refractivity contribution < 1.29 is 9.53 Å². The minimum Gasteiger partial charge on any atom is -0.496 e. The van der Waals surface area contributed by atoms with Gasteiger partial charge in [0.05, 0.1) is 18.9 Å². The number of nitrogens with zero attached hydrogens (tertiary/aromatic N) is 2. The van der Waals surface area contributed by atoms with E-state index >= 15 is 0 Å². The number of hydrogen-bond acceptors (Lipinski definition) is 3. The molecule has 3 aromatic rings. The largest absolute Gasteiger partial charge is 0.496 e. The zero-order chi connectivity index (χ0) is 19.4. The lowest BCUT2D eigenvalue weighted by Crippen LogP contribution is -2.18. The fraction of sp³-hybridized carbons (Fsp3) is 0.143. The topological polar surface area (TPSA) is 55.6 Å². The van der Waals surface area contributed by atoms with E-state index < -0.39 is 0 Å². The number of aromatic nitrogens is 1. The zero-order valence-corrected chi connectivity index (χ0v) is 16.9. The summed E-state index contributed by atoms with van der Waals surface area (Å²) < 4.78 is 8.18. The maximum atomic E-state index is 12.4. The van der Waals surface area contributed by atoms with Crippen LogP contribution in [0, 0.1) is 13.8 Å². The Kier molecular flexibility index (Phi) is 5.76. The number of ether oxygens (including phenoxy) is 1. The first kappa shape index (κ1) is 18.9. The van der Waals surface area contributed by atoms with E-state index in [9.17, 15) is 4.79 Å². The summed E-state index contributed by atoms with van der Waals surface area (Å²) in [5.74, 6) is 0.162. The van der Waals surface area contributed by atoms with Crippen LogP contribution in [0.5, 0.6) is 5.75 Å². The molecule has 3 rings (SSSR count). The van der Waals surface area contributed by atoms with Gasteiger partial charge in [0.25, 0.3) is 5.91 Å². The Morgan fingerprint density at radius 3 is 2.59 bits per heavy atom. The van der Waals surface area contributed by atoms with Gasteiger partial charge in [-0.3, -0.25) is 4.79 Å². The van der Waals surface area contributed by atoms with Gasteiger partial charge >= 0.3 is 0 Å². The van der Waals surface area contributed by atoms with Crippen molar-refractivity contribution in [3.05, 3.63) is 81.6 Å². The number of carbonyl (C=O) groups is 1. The molecule has 1 aromatic heterocycles. The molecule has 0 fully saturated rings. The van der Waals surface area contributed by atoms with Crippen molar-refractivity contribution in [3.8, 4) is 11.4 Å². The van der Waals surface area contributed by atoms with Gasteiger partial charge < -0.3 is 9.30 Å². The molecule has 1 amide bonds. The third kappa shape index (κ3) is 4.11. The number of aryl methyl sites for hydroxylation is 1. The molecule has 0 radical (unpaired) electrons. The van der Waals surface area contributed by atoms with Crippen LogP contribution in [0.4, 0.5) is 0 Å². The molecule has 0 saturated heterocycles. The first-order valence-electron chi connectivity index (χ1n) is 8.42. The van der Waals surface area contributed by atoms with E-state index in [0.29, 0.717) is 11.3 Å². The summed E-state index contributed by atoms with van der Waals surface area (Å²) in [6, 6.07) is 17.4. The van der Waals surface area contributed by atoms with Crippen LogP contribution >= 0.6 is 15.9 Å². The maximum absolute atomic E-state index is 12.4. The van der Waals surface area contributed by atoms with Crippen molar-refractivity contribution in [1.82, 2.24) is 9.99 Å². The Morgan fingerprint density at radius 2 is 1.89 bits per heavy atom. The van der Waals surface area contributed by atoms with Crippen LogP contribution in [0.2, 0.25) is 0 Å². The Hall–Kier alpha value is -2.86. The smallest absolute Gasteiger partial charge is 0.275 e. The monoisotopic (exact) mass is 425 g/mol. The fourth-order valence-corrected chi connectivity index (χ4v) is 3.33. The molecule has 138 valence electrons. The molecule has 0 spiro atoms. The molecular weight excluding hydrogens is 406 g/mol. The number of para-hydroxylation sites is 1. The van der Waals surface area contributed by atoms with Crippen LogP contribution in [-0.2, 0) is 0 Å². The fourth-order valence-electron chi connectivity index (χ4n) is 2.97. The predicted octanol–water partition coefficient (Wildman–Crippen LogP) is 4.63. The highest BCUT2D eigenvalue weighted by Gasteiger charge is 2.13. The van der Waals surface area contributed by atoms with Gasteiger partial charge in [0.2, 0.25) is 0 Å². The van der Waals surface area contributed by atoms with E-state index in [-0.39, 0.29) is 5.91 Å². The number of carbonyl (C=O) groups excluding carboxylic acids is 1. The molecule has 5 nitrogen and oxygen atoms in total. The normalized spacial score (nSPS) is 11.0. The molecule has 27 heavy (non-hydrogen) atoms. The number of hydrazone groups is 1. The molecule has 0 saturated carbocycles. The first-order chi connectivity index (χ1) is 13.0. The average Bonchev–Trinajstić information content (AvgIpc) is 2.95. The van der Waals surface area contributed by atoms with Crippen molar-refractivity contribution in [1.29, 1.82) is 0 Å². The Labute approximate surface area is 166 Å². The highest BCUT2D eigenvalue weighted by molar-refractivity contribution is 9.10. The summed E-state index contributed by atoms with van der Waals surface area (Å²) in [4.78, 5) is 12.4. The van der Waals surface area contributed by atoms with E-state index in [4.69, 9.17) is 4.74 Å². The number of nitrogens with one attached hydrogen (secondary N) is 1. The predicted molar refractivity (Wildman–Crippen MR) is 111 cm³/mol. The Morgan fingerprint density at radius 1 is 1.15 bits per heavy atom. The van der Waals surface area contributed by atoms with Crippen LogP contribution in [-0.4, -0.2) is 23.8 Å². The molecular formula is C21H20BrN3O2. The average molecular weight is 426 g/mol. The van der Waals surface area contributed by atoms with Gasteiger partial charge in [-0.15, -0.1) is 0 Å². The summed E-state index contributed by atoms with van der Waals surface area (Å²) in [6.07, 6.45) is 1.66. The molecule has 0 atom stereocenters. The molecule has 0 unspecified atom stereocenters. The second-order valence-electron chi connectivity index (χ2n) is 6.04. The molecule has 6 heteroatoms. The molecule has 0 aliphatic heterocycles. The van der Waals surface area contributed by atoms with Gasteiger partial charge in [0.15, 0.2) is 0 Å². The molecule has 1 heterocycles. The summed E-state index contributed by atoms with van der Waals surface area (Å²) in [5, 5.41) is 4.12. The van der Waals surface area contributed by atoms with Crippen molar-refractivity contribution in [3.63, 3.8) is 0 Å². The third-order valence-corrected chi connectivity index (χ3v) is 4.75. The Balaban J connectivity index is 1.80. The van der Waals surface area contributed by atoms with E-state index in [1.807, 2.05) is 44.2 Å². The molecule has 0 aliphatic rings. The summed E-state index contributed by atoms with van der Waals surface area (Å²) >= 11 is 3.36. The van der Waals surface area contributed by atoms with Gasteiger partial charge in [-0.1, -0.05) is 34.1 Å².